The number of rotatable bonds is 7. The predicted octanol–water partition coefficient (Wildman–Crippen LogP) is 0.163. The average molecular weight is 238 g/mol. The zero-order chi connectivity index (χ0) is 12.5. The monoisotopic (exact) mass is 238 g/mol. The maximum Gasteiger partial charge on any atom is 0.224 e. The van der Waals surface area contributed by atoms with Crippen LogP contribution in [0.15, 0.2) is 18.3 Å². The molecule has 1 aromatic heterocycles. The molecule has 1 aromatic rings. The number of carbonyl (C=O) groups is 1. The molecule has 6 nitrogen and oxygen atoms in total. The Balaban J connectivity index is 2.42. The average Bonchev–Trinajstić information content (AvgIpc) is 2.35. The van der Waals surface area contributed by atoms with Crippen LogP contribution in [0.1, 0.15) is 12.8 Å². The van der Waals surface area contributed by atoms with E-state index in [9.17, 15) is 4.79 Å². The lowest BCUT2D eigenvalue weighted by atomic mass is 10.3. The molecule has 0 aliphatic heterocycles. The molecule has 6 heteroatoms. The molecular weight excluding hydrogens is 220 g/mol. The summed E-state index contributed by atoms with van der Waals surface area (Å²) in [6, 6.07) is 3.50. The number of nitrogens with zero attached hydrogens (tertiary/aromatic N) is 1. The molecule has 94 valence electrons. The zero-order valence-corrected chi connectivity index (χ0v) is 9.65. The van der Waals surface area contributed by atoms with E-state index >= 15 is 0 Å². The van der Waals surface area contributed by atoms with Gasteiger partial charge >= 0.3 is 0 Å². The molecule has 17 heavy (non-hydrogen) atoms. The molecule has 0 aliphatic rings. The van der Waals surface area contributed by atoms with Gasteiger partial charge in [0.25, 0.3) is 0 Å². The van der Waals surface area contributed by atoms with Gasteiger partial charge in [0, 0.05) is 13.0 Å². The van der Waals surface area contributed by atoms with Crippen LogP contribution in [0.2, 0.25) is 0 Å². The summed E-state index contributed by atoms with van der Waals surface area (Å²) in [6.45, 7) is 1.02. The van der Waals surface area contributed by atoms with E-state index in [0.29, 0.717) is 37.4 Å². The van der Waals surface area contributed by atoms with Gasteiger partial charge in [-0.3, -0.25) is 4.79 Å². The molecule has 0 atom stereocenters. The fourth-order valence-electron chi connectivity index (χ4n) is 1.24. The van der Waals surface area contributed by atoms with Gasteiger partial charge in [-0.1, -0.05) is 0 Å². The first-order valence-corrected chi connectivity index (χ1v) is 5.57. The summed E-state index contributed by atoms with van der Waals surface area (Å²) in [5.41, 5.74) is 5.97. The van der Waals surface area contributed by atoms with Crippen molar-refractivity contribution >= 4 is 17.4 Å². The van der Waals surface area contributed by atoms with Gasteiger partial charge in [-0.2, -0.15) is 0 Å². The van der Waals surface area contributed by atoms with Gasteiger partial charge in [0.1, 0.15) is 5.82 Å². The van der Waals surface area contributed by atoms with Gasteiger partial charge in [-0.25, -0.2) is 4.98 Å². The number of carbonyl (C=O) groups excluding carboxylic acids is 1. The van der Waals surface area contributed by atoms with E-state index in [2.05, 4.69) is 15.6 Å². The number of amides is 1. The first-order valence-electron chi connectivity index (χ1n) is 5.57. The Morgan fingerprint density at radius 2 is 2.29 bits per heavy atom. The van der Waals surface area contributed by atoms with Crippen molar-refractivity contribution in [3.05, 3.63) is 18.3 Å². The van der Waals surface area contributed by atoms with Crippen LogP contribution in [0.25, 0.3) is 0 Å². The molecule has 0 saturated heterocycles. The number of hydrogen-bond acceptors (Lipinski definition) is 5. The number of pyridine rings is 1. The van der Waals surface area contributed by atoms with E-state index in [1.54, 1.807) is 18.3 Å². The molecule has 0 spiro atoms. The molecule has 0 radical (unpaired) electrons. The largest absolute Gasteiger partial charge is 0.395 e. The molecule has 5 N–H and O–H groups in total. The number of aromatic nitrogens is 1. The summed E-state index contributed by atoms with van der Waals surface area (Å²) in [5.74, 6) is 0.604. The second-order valence-corrected chi connectivity index (χ2v) is 3.52. The highest BCUT2D eigenvalue weighted by atomic mass is 16.3. The molecule has 1 rings (SSSR count). The van der Waals surface area contributed by atoms with Crippen molar-refractivity contribution in [3.8, 4) is 0 Å². The van der Waals surface area contributed by atoms with Gasteiger partial charge in [-0.05, 0) is 25.1 Å². The van der Waals surface area contributed by atoms with Gasteiger partial charge in [0.15, 0.2) is 0 Å². The summed E-state index contributed by atoms with van der Waals surface area (Å²) in [7, 11) is 0. The van der Waals surface area contributed by atoms with Crippen LogP contribution in [-0.2, 0) is 4.79 Å². The highest BCUT2D eigenvalue weighted by Gasteiger charge is 2.01. The van der Waals surface area contributed by atoms with Crippen LogP contribution in [0.3, 0.4) is 0 Å². The van der Waals surface area contributed by atoms with E-state index in [1.165, 1.54) is 0 Å². The third-order valence-electron chi connectivity index (χ3n) is 2.07. The van der Waals surface area contributed by atoms with Gasteiger partial charge in [0.2, 0.25) is 5.91 Å². The lowest BCUT2D eigenvalue weighted by Gasteiger charge is -2.06. The fourth-order valence-corrected chi connectivity index (χ4v) is 1.24. The Labute approximate surface area is 100 Å². The van der Waals surface area contributed by atoms with Crippen molar-refractivity contribution in [1.82, 2.24) is 4.98 Å². The Bertz CT molecular complexity index is 340. The van der Waals surface area contributed by atoms with Crippen molar-refractivity contribution in [1.29, 1.82) is 0 Å². The van der Waals surface area contributed by atoms with Crippen LogP contribution >= 0.6 is 0 Å². The van der Waals surface area contributed by atoms with E-state index in [0.717, 1.165) is 0 Å². The van der Waals surface area contributed by atoms with Crippen molar-refractivity contribution in [2.75, 3.05) is 30.3 Å². The standard InChI is InChI=1S/C11H18N4O2/c12-5-1-2-11(17)15-9-3-4-10(14-8-9)13-6-7-16/h3-4,8,16H,1-2,5-7,12H2,(H,13,14)(H,15,17). The maximum absolute atomic E-state index is 11.4. The van der Waals surface area contributed by atoms with Crippen LogP contribution < -0.4 is 16.4 Å². The number of nitrogens with one attached hydrogen (secondary N) is 2. The van der Waals surface area contributed by atoms with Crippen molar-refractivity contribution in [2.45, 2.75) is 12.8 Å². The topological polar surface area (TPSA) is 100 Å². The minimum absolute atomic E-state index is 0.0548. The molecule has 0 aromatic carbocycles. The molecule has 0 bridgehead atoms. The van der Waals surface area contributed by atoms with E-state index < -0.39 is 0 Å². The smallest absolute Gasteiger partial charge is 0.224 e. The summed E-state index contributed by atoms with van der Waals surface area (Å²) >= 11 is 0. The lowest BCUT2D eigenvalue weighted by molar-refractivity contribution is -0.116. The highest BCUT2D eigenvalue weighted by molar-refractivity contribution is 5.90. The Hall–Kier alpha value is -1.66. The Kier molecular flexibility index (Phi) is 5.98. The van der Waals surface area contributed by atoms with E-state index in [4.69, 9.17) is 10.8 Å². The highest BCUT2D eigenvalue weighted by Crippen LogP contribution is 2.09. The second-order valence-electron chi connectivity index (χ2n) is 3.52. The van der Waals surface area contributed by atoms with E-state index in [-0.39, 0.29) is 12.5 Å². The van der Waals surface area contributed by atoms with Crippen molar-refractivity contribution < 1.29 is 9.90 Å². The zero-order valence-electron chi connectivity index (χ0n) is 9.65. The number of aliphatic hydroxyl groups is 1. The first kappa shape index (κ1) is 13.4. The summed E-state index contributed by atoms with van der Waals surface area (Å²) in [4.78, 5) is 15.5. The third kappa shape index (κ3) is 5.28. The van der Waals surface area contributed by atoms with Crippen LogP contribution in [0, 0.1) is 0 Å². The minimum Gasteiger partial charge on any atom is -0.395 e. The second kappa shape index (κ2) is 7.59. The van der Waals surface area contributed by atoms with Crippen molar-refractivity contribution in [2.24, 2.45) is 5.73 Å². The summed E-state index contributed by atoms with van der Waals surface area (Å²) in [5, 5.41) is 14.3. The molecule has 0 aliphatic carbocycles. The third-order valence-corrected chi connectivity index (χ3v) is 2.07. The molecule has 0 unspecified atom stereocenters. The van der Waals surface area contributed by atoms with Crippen LogP contribution in [-0.4, -0.2) is 35.7 Å². The van der Waals surface area contributed by atoms with Gasteiger partial charge in [-0.15, -0.1) is 0 Å². The Morgan fingerprint density at radius 3 is 2.88 bits per heavy atom. The Morgan fingerprint density at radius 1 is 1.47 bits per heavy atom. The molecule has 0 saturated carbocycles. The lowest BCUT2D eigenvalue weighted by Crippen LogP contribution is -2.13. The fraction of sp³-hybridized carbons (Fsp3) is 0.455. The summed E-state index contributed by atoms with van der Waals surface area (Å²) in [6.07, 6.45) is 2.66. The van der Waals surface area contributed by atoms with Gasteiger partial charge in [0.05, 0.1) is 18.5 Å². The number of anilines is 2. The SMILES string of the molecule is NCCCC(=O)Nc1ccc(NCCO)nc1. The maximum atomic E-state index is 11.4. The van der Waals surface area contributed by atoms with Crippen LogP contribution in [0.5, 0.6) is 0 Å². The quantitative estimate of drug-likeness (QED) is 0.542. The summed E-state index contributed by atoms with van der Waals surface area (Å²) < 4.78 is 0. The number of nitrogens with two attached hydrogens (primary N) is 1. The van der Waals surface area contributed by atoms with E-state index in [1.807, 2.05) is 0 Å². The predicted molar refractivity (Wildman–Crippen MR) is 66.7 cm³/mol. The minimum atomic E-state index is -0.0617. The molecule has 1 amide bonds. The normalized spacial score (nSPS) is 10.0. The molecule has 0 fully saturated rings. The molecule has 1 heterocycles. The number of hydrogen-bond donors (Lipinski definition) is 4. The van der Waals surface area contributed by atoms with Crippen LogP contribution in [0.4, 0.5) is 11.5 Å². The van der Waals surface area contributed by atoms with Crippen molar-refractivity contribution in [3.63, 3.8) is 0 Å². The first-order chi connectivity index (χ1) is 8.26. The number of aliphatic hydroxyl groups excluding tert-OH is 1. The van der Waals surface area contributed by atoms with Gasteiger partial charge < -0.3 is 21.5 Å². The molecular formula is C11H18N4O2.